The number of nitrogens with one attached hydrogen (secondary N) is 1. The highest BCUT2D eigenvalue weighted by atomic mass is 32.1. The Morgan fingerprint density at radius 3 is 3.06 bits per heavy atom. The normalized spacial score (nSPS) is 10.2. The van der Waals surface area contributed by atoms with Crippen molar-refractivity contribution in [3.05, 3.63) is 46.4 Å². The Morgan fingerprint density at radius 1 is 1.44 bits per heavy atom. The summed E-state index contributed by atoms with van der Waals surface area (Å²) in [4.78, 5) is 15.7. The number of hydrogen-bond acceptors (Lipinski definition) is 4. The van der Waals surface area contributed by atoms with Crippen molar-refractivity contribution < 1.29 is 4.79 Å². The second-order valence-electron chi connectivity index (χ2n) is 3.95. The van der Waals surface area contributed by atoms with Crippen LogP contribution in [0.4, 0.5) is 5.69 Å². The molecular formula is C13H15N3OS. The van der Waals surface area contributed by atoms with Crippen molar-refractivity contribution in [3.63, 3.8) is 0 Å². The monoisotopic (exact) mass is 261 g/mol. The standard InChI is InChI=1S/C13H15N3OS/c14-11-3-1-2-10(8-11)4-5-12(17)16-9-13-15-6-7-18-13/h1-3,6-8H,4-5,9,14H2,(H,16,17). The first-order valence-electron chi connectivity index (χ1n) is 5.73. The smallest absolute Gasteiger partial charge is 0.220 e. The van der Waals surface area contributed by atoms with Crippen molar-refractivity contribution in [2.75, 3.05) is 5.73 Å². The molecule has 3 N–H and O–H groups in total. The molecule has 4 nitrogen and oxygen atoms in total. The van der Waals surface area contributed by atoms with Gasteiger partial charge in [0.15, 0.2) is 0 Å². The van der Waals surface area contributed by atoms with E-state index in [9.17, 15) is 4.79 Å². The summed E-state index contributed by atoms with van der Waals surface area (Å²) in [5.41, 5.74) is 7.50. The van der Waals surface area contributed by atoms with E-state index in [4.69, 9.17) is 5.73 Å². The Labute approximate surface area is 110 Å². The maximum Gasteiger partial charge on any atom is 0.220 e. The Balaban J connectivity index is 1.75. The van der Waals surface area contributed by atoms with Crippen LogP contribution in [0.1, 0.15) is 17.0 Å². The molecule has 0 bridgehead atoms. The van der Waals surface area contributed by atoms with E-state index in [0.29, 0.717) is 19.4 Å². The molecule has 1 amide bonds. The van der Waals surface area contributed by atoms with Crippen LogP contribution in [0, 0.1) is 0 Å². The van der Waals surface area contributed by atoms with Crippen LogP contribution < -0.4 is 11.1 Å². The fourth-order valence-electron chi connectivity index (χ4n) is 1.61. The fourth-order valence-corrected chi connectivity index (χ4v) is 2.17. The summed E-state index contributed by atoms with van der Waals surface area (Å²) in [6, 6.07) is 7.61. The Bertz CT molecular complexity index is 511. The molecule has 1 heterocycles. The third kappa shape index (κ3) is 3.85. The van der Waals surface area contributed by atoms with Crippen LogP contribution in [-0.4, -0.2) is 10.9 Å². The number of aromatic nitrogens is 1. The number of rotatable bonds is 5. The Kier molecular flexibility index (Phi) is 4.30. The topological polar surface area (TPSA) is 68.0 Å². The first kappa shape index (κ1) is 12.6. The largest absolute Gasteiger partial charge is 0.399 e. The van der Waals surface area contributed by atoms with Gasteiger partial charge in [0.2, 0.25) is 5.91 Å². The molecule has 0 aliphatic carbocycles. The minimum atomic E-state index is 0.0348. The molecule has 0 unspecified atom stereocenters. The lowest BCUT2D eigenvalue weighted by Gasteiger charge is -2.04. The number of thiazole rings is 1. The average molecular weight is 261 g/mol. The number of hydrogen-bond donors (Lipinski definition) is 2. The number of nitrogens with two attached hydrogens (primary N) is 1. The lowest BCUT2D eigenvalue weighted by atomic mass is 10.1. The van der Waals surface area contributed by atoms with Crippen LogP contribution in [0.3, 0.4) is 0 Å². The molecule has 0 radical (unpaired) electrons. The van der Waals surface area contributed by atoms with Crippen molar-refractivity contribution in [1.29, 1.82) is 0 Å². The van der Waals surface area contributed by atoms with Gasteiger partial charge in [-0.15, -0.1) is 11.3 Å². The minimum absolute atomic E-state index is 0.0348. The van der Waals surface area contributed by atoms with Crippen molar-refractivity contribution in [2.24, 2.45) is 0 Å². The zero-order valence-corrected chi connectivity index (χ0v) is 10.7. The predicted octanol–water partition coefficient (Wildman–Crippen LogP) is 1.97. The van der Waals surface area contributed by atoms with Gasteiger partial charge in [0, 0.05) is 23.7 Å². The molecule has 94 valence electrons. The lowest BCUT2D eigenvalue weighted by molar-refractivity contribution is -0.121. The van der Waals surface area contributed by atoms with Gasteiger partial charge in [-0.25, -0.2) is 4.98 Å². The molecule has 0 saturated heterocycles. The van der Waals surface area contributed by atoms with Crippen molar-refractivity contribution in [3.8, 4) is 0 Å². The van der Waals surface area contributed by atoms with E-state index in [0.717, 1.165) is 16.3 Å². The van der Waals surface area contributed by atoms with Gasteiger partial charge in [-0.1, -0.05) is 12.1 Å². The van der Waals surface area contributed by atoms with Crippen LogP contribution >= 0.6 is 11.3 Å². The third-order valence-electron chi connectivity index (χ3n) is 2.51. The molecule has 1 aromatic carbocycles. The first-order valence-corrected chi connectivity index (χ1v) is 6.61. The summed E-state index contributed by atoms with van der Waals surface area (Å²) in [5, 5.41) is 5.67. The molecule has 1 aromatic heterocycles. The molecule has 0 fully saturated rings. The summed E-state index contributed by atoms with van der Waals surface area (Å²) in [5.74, 6) is 0.0348. The number of carbonyl (C=O) groups excluding carboxylic acids is 1. The van der Waals surface area contributed by atoms with E-state index >= 15 is 0 Å². The summed E-state index contributed by atoms with van der Waals surface area (Å²) in [6.45, 7) is 0.507. The highest BCUT2D eigenvalue weighted by Crippen LogP contribution is 2.09. The maximum absolute atomic E-state index is 11.6. The second-order valence-corrected chi connectivity index (χ2v) is 4.93. The summed E-state index contributed by atoms with van der Waals surface area (Å²) in [6.07, 6.45) is 2.91. The highest BCUT2D eigenvalue weighted by Gasteiger charge is 2.03. The summed E-state index contributed by atoms with van der Waals surface area (Å²) in [7, 11) is 0. The molecule has 0 spiro atoms. The molecular weight excluding hydrogens is 246 g/mol. The zero-order valence-electron chi connectivity index (χ0n) is 9.93. The van der Waals surface area contributed by atoms with Gasteiger partial charge < -0.3 is 11.1 Å². The fraction of sp³-hybridized carbons (Fsp3) is 0.231. The van der Waals surface area contributed by atoms with E-state index in [-0.39, 0.29) is 5.91 Å². The predicted molar refractivity (Wildman–Crippen MR) is 73.1 cm³/mol. The summed E-state index contributed by atoms with van der Waals surface area (Å²) < 4.78 is 0. The molecule has 0 aliphatic heterocycles. The van der Waals surface area contributed by atoms with Gasteiger partial charge >= 0.3 is 0 Å². The lowest BCUT2D eigenvalue weighted by Crippen LogP contribution is -2.22. The zero-order chi connectivity index (χ0) is 12.8. The number of aryl methyl sites for hydroxylation is 1. The SMILES string of the molecule is Nc1cccc(CCC(=O)NCc2nccs2)c1. The molecule has 0 aliphatic rings. The van der Waals surface area contributed by atoms with E-state index in [2.05, 4.69) is 10.3 Å². The van der Waals surface area contributed by atoms with Crippen molar-refractivity contribution in [2.45, 2.75) is 19.4 Å². The van der Waals surface area contributed by atoms with Crippen LogP contribution in [0.15, 0.2) is 35.8 Å². The second kappa shape index (κ2) is 6.16. The van der Waals surface area contributed by atoms with Crippen LogP contribution in [0.25, 0.3) is 0 Å². The highest BCUT2D eigenvalue weighted by molar-refractivity contribution is 7.09. The molecule has 2 aromatic rings. The summed E-state index contributed by atoms with van der Waals surface area (Å²) >= 11 is 1.54. The first-order chi connectivity index (χ1) is 8.74. The molecule has 2 rings (SSSR count). The number of benzene rings is 1. The molecule has 0 atom stereocenters. The van der Waals surface area contributed by atoms with Gasteiger partial charge in [0.1, 0.15) is 5.01 Å². The number of nitrogens with zero attached hydrogens (tertiary/aromatic N) is 1. The molecule has 5 heteroatoms. The van der Waals surface area contributed by atoms with Gasteiger partial charge in [-0.05, 0) is 24.1 Å². The van der Waals surface area contributed by atoms with Crippen LogP contribution in [-0.2, 0) is 17.8 Å². The van der Waals surface area contributed by atoms with Gasteiger partial charge in [-0.3, -0.25) is 4.79 Å². The van der Waals surface area contributed by atoms with Gasteiger partial charge in [-0.2, -0.15) is 0 Å². The van der Waals surface area contributed by atoms with E-state index in [1.165, 1.54) is 11.3 Å². The van der Waals surface area contributed by atoms with Crippen molar-refractivity contribution >= 4 is 22.9 Å². The van der Waals surface area contributed by atoms with Gasteiger partial charge in [0.05, 0.1) is 6.54 Å². The van der Waals surface area contributed by atoms with Gasteiger partial charge in [0.25, 0.3) is 0 Å². The van der Waals surface area contributed by atoms with Crippen LogP contribution in [0.2, 0.25) is 0 Å². The number of nitrogen functional groups attached to an aromatic ring is 1. The number of carbonyl (C=O) groups is 1. The van der Waals surface area contributed by atoms with E-state index in [1.54, 1.807) is 6.20 Å². The maximum atomic E-state index is 11.6. The number of anilines is 1. The Morgan fingerprint density at radius 2 is 2.33 bits per heavy atom. The van der Waals surface area contributed by atoms with E-state index in [1.807, 2.05) is 29.6 Å². The third-order valence-corrected chi connectivity index (χ3v) is 3.29. The average Bonchev–Trinajstić information content (AvgIpc) is 2.87. The Hall–Kier alpha value is -1.88. The van der Waals surface area contributed by atoms with E-state index < -0.39 is 0 Å². The molecule has 0 saturated carbocycles. The van der Waals surface area contributed by atoms with Crippen LogP contribution in [0.5, 0.6) is 0 Å². The van der Waals surface area contributed by atoms with Crippen molar-refractivity contribution in [1.82, 2.24) is 10.3 Å². The quantitative estimate of drug-likeness (QED) is 0.809. The minimum Gasteiger partial charge on any atom is -0.399 e. The number of amides is 1. The molecule has 18 heavy (non-hydrogen) atoms.